The monoisotopic (exact) mass is 368 g/mol. The van der Waals surface area contributed by atoms with Crippen molar-refractivity contribution < 1.29 is 18.9 Å². The number of carbonyl (C=O) groups excluding carboxylic acids is 1. The molecule has 1 amide bonds. The predicted octanol–water partition coefficient (Wildman–Crippen LogP) is 3.35. The van der Waals surface area contributed by atoms with E-state index in [0.29, 0.717) is 16.5 Å². The first-order chi connectivity index (χ1) is 12.8. The normalized spacial score (nSPS) is 10.6. The zero-order valence-electron chi connectivity index (χ0n) is 14.7. The van der Waals surface area contributed by atoms with Crippen molar-refractivity contribution in [2.75, 3.05) is 14.1 Å². The van der Waals surface area contributed by atoms with Crippen LogP contribution in [0.15, 0.2) is 57.7 Å². The number of benzene rings is 2. The molecule has 0 aliphatic carbocycles. The highest BCUT2D eigenvalue weighted by molar-refractivity contribution is 5.80. The summed E-state index contributed by atoms with van der Waals surface area (Å²) in [6.45, 7) is 0. The Balaban J connectivity index is 1.91. The number of rotatable bonds is 4. The molecule has 0 unspecified atom stereocenters. The molecule has 0 N–H and O–H groups in total. The van der Waals surface area contributed by atoms with E-state index in [-0.39, 0.29) is 23.4 Å². The summed E-state index contributed by atoms with van der Waals surface area (Å²) in [6.07, 6.45) is -0.337. The average Bonchev–Trinajstić information content (AvgIpc) is 2.62. The smallest absolute Gasteiger partial charge is 0.414 e. The summed E-state index contributed by atoms with van der Waals surface area (Å²) >= 11 is 0. The maximum Gasteiger partial charge on any atom is 0.414 e. The molecule has 3 rings (SSSR count). The zero-order valence-corrected chi connectivity index (χ0v) is 14.7. The van der Waals surface area contributed by atoms with Gasteiger partial charge in [-0.05, 0) is 23.8 Å². The fourth-order valence-electron chi connectivity index (χ4n) is 2.51. The third-order valence-electron chi connectivity index (χ3n) is 3.87. The van der Waals surface area contributed by atoms with Crippen molar-refractivity contribution in [2.24, 2.45) is 0 Å². The molecule has 0 radical (unpaired) electrons. The van der Waals surface area contributed by atoms with Crippen molar-refractivity contribution >= 4 is 22.7 Å². The summed E-state index contributed by atoms with van der Waals surface area (Å²) in [5, 5.41) is 11.5. The summed E-state index contributed by atoms with van der Waals surface area (Å²) in [4.78, 5) is 35.6. The lowest BCUT2D eigenvalue weighted by molar-refractivity contribution is -0.384. The third-order valence-corrected chi connectivity index (χ3v) is 3.87. The quantitative estimate of drug-likeness (QED) is 0.397. The minimum atomic E-state index is -0.551. The van der Waals surface area contributed by atoms with Gasteiger partial charge in [-0.1, -0.05) is 12.1 Å². The number of non-ortho nitro benzene ring substituents is 1. The van der Waals surface area contributed by atoms with E-state index >= 15 is 0 Å². The summed E-state index contributed by atoms with van der Waals surface area (Å²) < 4.78 is 10.5. The number of hydrogen-bond donors (Lipinski definition) is 0. The molecule has 0 aliphatic heterocycles. The van der Waals surface area contributed by atoms with Gasteiger partial charge in [0.05, 0.1) is 4.92 Å². The van der Waals surface area contributed by atoms with E-state index in [2.05, 4.69) is 0 Å². The number of carbonyl (C=O) groups is 1. The summed E-state index contributed by atoms with van der Waals surface area (Å²) in [5.74, 6) is 0.260. The van der Waals surface area contributed by atoms with Gasteiger partial charge in [0.2, 0.25) is 0 Å². The second kappa shape index (κ2) is 7.28. The van der Waals surface area contributed by atoms with Gasteiger partial charge in [-0.15, -0.1) is 0 Å². The number of amides is 1. The SMILES string of the molecule is CN(C)C(=O)Oc1ccc2cc(Cc3cccc([N+](=O)[O-])c3)c(=O)oc2c1. The Morgan fingerprint density at radius 3 is 2.67 bits per heavy atom. The molecule has 27 heavy (non-hydrogen) atoms. The Labute approximate surface area is 153 Å². The van der Waals surface area contributed by atoms with Gasteiger partial charge >= 0.3 is 11.7 Å². The van der Waals surface area contributed by atoms with Crippen LogP contribution in [0, 0.1) is 10.1 Å². The van der Waals surface area contributed by atoms with Crippen molar-refractivity contribution in [2.45, 2.75) is 6.42 Å². The highest BCUT2D eigenvalue weighted by Gasteiger charge is 2.12. The number of hydrogen-bond acceptors (Lipinski definition) is 6. The van der Waals surface area contributed by atoms with Crippen LogP contribution in [-0.4, -0.2) is 30.0 Å². The van der Waals surface area contributed by atoms with Crippen LogP contribution in [0.4, 0.5) is 10.5 Å². The van der Waals surface area contributed by atoms with E-state index < -0.39 is 16.6 Å². The van der Waals surface area contributed by atoms with Crippen molar-refractivity contribution in [3.8, 4) is 5.75 Å². The first-order valence-corrected chi connectivity index (χ1v) is 8.03. The molecule has 8 nitrogen and oxygen atoms in total. The molecule has 138 valence electrons. The average molecular weight is 368 g/mol. The van der Waals surface area contributed by atoms with Gasteiger partial charge in [0, 0.05) is 49.7 Å². The second-order valence-electron chi connectivity index (χ2n) is 6.12. The molecular weight excluding hydrogens is 352 g/mol. The Morgan fingerprint density at radius 1 is 1.19 bits per heavy atom. The molecule has 0 atom stereocenters. The number of nitro benzene ring substituents is 1. The van der Waals surface area contributed by atoms with Crippen LogP contribution in [0.2, 0.25) is 0 Å². The highest BCUT2D eigenvalue weighted by Crippen LogP contribution is 2.22. The highest BCUT2D eigenvalue weighted by atomic mass is 16.6. The molecule has 0 saturated carbocycles. The van der Waals surface area contributed by atoms with Crippen molar-refractivity contribution in [1.29, 1.82) is 0 Å². The molecule has 1 aromatic heterocycles. The van der Waals surface area contributed by atoms with Gasteiger partial charge < -0.3 is 14.1 Å². The fraction of sp³-hybridized carbons (Fsp3) is 0.158. The van der Waals surface area contributed by atoms with Crippen LogP contribution >= 0.6 is 0 Å². The Morgan fingerprint density at radius 2 is 1.96 bits per heavy atom. The summed E-state index contributed by atoms with van der Waals surface area (Å²) in [7, 11) is 3.12. The van der Waals surface area contributed by atoms with Crippen molar-refractivity contribution in [3.05, 3.63) is 80.2 Å². The standard InChI is InChI=1S/C19H16N2O6/c1-20(2)19(23)26-16-7-6-13-10-14(18(22)27-17(13)11-16)8-12-4-3-5-15(9-12)21(24)25/h3-7,9-11H,8H2,1-2H3. The lowest BCUT2D eigenvalue weighted by atomic mass is 10.0. The van der Waals surface area contributed by atoms with Crippen LogP contribution in [0.25, 0.3) is 11.0 Å². The number of ether oxygens (including phenoxy) is 1. The van der Waals surface area contributed by atoms with E-state index in [1.807, 2.05) is 0 Å². The topological polar surface area (TPSA) is 103 Å². The maximum atomic E-state index is 12.3. The molecule has 3 aromatic rings. The Bertz CT molecular complexity index is 1090. The lowest BCUT2D eigenvalue weighted by Gasteiger charge is -2.11. The van der Waals surface area contributed by atoms with Gasteiger partial charge in [-0.3, -0.25) is 10.1 Å². The molecule has 8 heteroatoms. The third kappa shape index (κ3) is 4.12. The Kier molecular flexibility index (Phi) is 4.89. The van der Waals surface area contributed by atoms with Gasteiger partial charge in [-0.2, -0.15) is 0 Å². The molecule has 0 bridgehead atoms. The molecule has 2 aromatic carbocycles. The fourth-order valence-corrected chi connectivity index (χ4v) is 2.51. The van der Waals surface area contributed by atoms with Crippen LogP contribution < -0.4 is 10.4 Å². The maximum absolute atomic E-state index is 12.3. The lowest BCUT2D eigenvalue weighted by Crippen LogP contribution is -2.25. The minimum absolute atomic E-state index is 0.0370. The summed E-state index contributed by atoms with van der Waals surface area (Å²) in [5.41, 5.74) is 0.704. The molecule has 0 saturated heterocycles. The van der Waals surface area contributed by atoms with Crippen LogP contribution in [0.1, 0.15) is 11.1 Å². The largest absolute Gasteiger partial charge is 0.422 e. The zero-order chi connectivity index (χ0) is 19.6. The van der Waals surface area contributed by atoms with Gasteiger partial charge in [-0.25, -0.2) is 9.59 Å². The van der Waals surface area contributed by atoms with E-state index in [1.165, 1.54) is 23.1 Å². The summed E-state index contributed by atoms with van der Waals surface area (Å²) in [6, 6.07) is 12.5. The first-order valence-electron chi connectivity index (χ1n) is 8.03. The number of fused-ring (bicyclic) bond motifs is 1. The van der Waals surface area contributed by atoms with E-state index in [1.54, 1.807) is 44.4 Å². The molecule has 0 fully saturated rings. The number of nitrogens with zero attached hydrogens (tertiary/aromatic N) is 2. The van der Waals surface area contributed by atoms with E-state index in [4.69, 9.17) is 9.15 Å². The van der Waals surface area contributed by atoms with Crippen LogP contribution in [0.5, 0.6) is 5.75 Å². The van der Waals surface area contributed by atoms with Crippen LogP contribution in [-0.2, 0) is 6.42 Å². The van der Waals surface area contributed by atoms with Crippen molar-refractivity contribution in [1.82, 2.24) is 4.90 Å². The minimum Gasteiger partial charge on any atom is -0.422 e. The number of nitro groups is 1. The molecule has 0 spiro atoms. The molecule has 0 aliphatic rings. The van der Waals surface area contributed by atoms with E-state index in [0.717, 1.165) is 0 Å². The van der Waals surface area contributed by atoms with E-state index in [9.17, 15) is 19.7 Å². The molecule has 1 heterocycles. The Hall–Kier alpha value is -3.68. The van der Waals surface area contributed by atoms with Gasteiger partial charge in [0.1, 0.15) is 11.3 Å². The van der Waals surface area contributed by atoms with Crippen LogP contribution in [0.3, 0.4) is 0 Å². The van der Waals surface area contributed by atoms with Gasteiger partial charge in [0.25, 0.3) is 5.69 Å². The molecular formula is C19H16N2O6. The second-order valence-corrected chi connectivity index (χ2v) is 6.12. The predicted molar refractivity (Wildman–Crippen MR) is 98.1 cm³/mol. The van der Waals surface area contributed by atoms with Gasteiger partial charge in [0.15, 0.2) is 0 Å². The first kappa shape index (κ1) is 18.1. The van der Waals surface area contributed by atoms with Crippen molar-refractivity contribution in [3.63, 3.8) is 0 Å².